The first-order valence-corrected chi connectivity index (χ1v) is 11.1. The van der Waals surface area contributed by atoms with E-state index in [1.807, 2.05) is 0 Å². The van der Waals surface area contributed by atoms with Crippen molar-refractivity contribution in [3.63, 3.8) is 0 Å². The summed E-state index contributed by atoms with van der Waals surface area (Å²) in [6.07, 6.45) is 0. The van der Waals surface area contributed by atoms with Gasteiger partial charge in [-0.1, -0.05) is 35.9 Å². The van der Waals surface area contributed by atoms with Gasteiger partial charge in [0, 0.05) is 23.1 Å². The maximum Gasteiger partial charge on any atom is 0.320 e. The van der Waals surface area contributed by atoms with Crippen molar-refractivity contribution in [3.8, 4) is 0 Å². The molecule has 2 rings (SSSR count). The van der Waals surface area contributed by atoms with Crippen LogP contribution in [-0.4, -0.2) is 42.7 Å². The number of benzene rings is 2. The van der Waals surface area contributed by atoms with Gasteiger partial charge in [-0.3, -0.25) is 24.5 Å². The van der Waals surface area contributed by atoms with Crippen LogP contribution in [0.15, 0.2) is 48.5 Å². The minimum absolute atomic E-state index is 0.0110. The summed E-state index contributed by atoms with van der Waals surface area (Å²) in [7, 11) is 0. The highest BCUT2D eigenvalue weighted by Crippen LogP contribution is 2.42. The summed E-state index contributed by atoms with van der Waals surface area (Å²) in [6, 6.07) is 11.7. The van der Waals surface area contributed by atoms with Gasteiger partial charge in [-0.05, 0) is 44.0 Å². The second-order valence-electron chi connectivity index (χ2n) is 7.14. The molecule has 0 saturated carbocycles. The molecule has 34 heavy (non-hydrogen) atoms. The Balaban J connectivity index is 2.80. The molecule has 0 N–H and O–H groups in total. The van der Waals surface area contributed by atoms with E-state index in [4.69, 9.17) is 25.8 Å². The van der Waals surface area contributed by atoms with Crippen molar-refractivity contribution in [1.82, 2.24) is 0 Å². The standard InChI is InChI=1S/C24H26ClNO8/c1-4-32-22(27)20(16-8-7-9-17(25)14-16)19(15-10-12-18(13-11-15)26(30)31)21(23(28)33-5-2)24(29)34-6-3/h7-14,19-21H,4-6H2,1-3H3. The Bertz CT molecular complexity index is 1010. The zero-order chi connectivity index (χ0) is 25.3. The molecule has 0 spiro atoms. The molecule has 2 aromatic rings. The SMILES string of the molecule is CCOC(=O)C(C(=O)OCC)C(c1ccc([N+](=O)[O-])cc1)C(C(=O)OCC)c1cccc(Cl)c1. The number of nitrogens with zero attached hydrogens (tertiary/aromatic N) is 1. The summed E-state index contributed by atoms with van der Waals surface area (Å²) in [6.45, 7) is 4.82. The lowest BCUT2D eigenvalue weighted by Crippen LogP contribution is -2.38. The lowest BCUT2D eigenvalue weighted by atomic mass is 9.73. The van der Waals surface area contributed by atoms with Crippen LogP contribution in [0.1, 0.15) is 43.7 Å². The van der Waals surface area contributed by atoms with E-state index in [0.717, 1.165) is 0 Å². The van der Waals surface area contributed by atoms with Crippen LogP contribution < -0.4 is 0 Å². The van der Waals surface area contributed by atoms with Crippen LogP contribution in [0.25, 0.3) is 0 Å². The van der Waals surface area contributed by atoms with Crippen LogP contribution in [-0.2, 0) is 28.6 Å². The Kier molecular flexibility index (Phi) is 10.0. The molecule has 2 aromatic carbocycles. The van der Waals surface area contributed by atoms with Gasteiger partial charge >= 0.3 is 17.9 Å². The molecule has 0 amide bonds. The summed E-state index contributed by atoms with van der Waals surface area (Å²) < 4.78 is 15.6. The number of rotatable bonds is 11. The predicted molar refractivity (Wildman–Crippen MR) is 123 cm³/mol. The summed E-state index contributed by atoms with van der Waals surface area (Å²) in [4.78, 5) is 49.9. The molecular weight excluding hydrogens is 466 g/mol. The van der Waals surface area contributed by atoms with Crippen LogP contribution >= 0.6 is 11.6 Å². The van der Waals surface area contributed by atoms with E-state index in [-0.39, 0.29) is 25.5 Å². The normalized spacial score (nSPS) is 12.5. The molecule has 0 fully saturated rings. The Morgan fingerprint density at radius 2 is 1.38 bits per heavy atom. The van der Waals surface area contributed by atoms with Gasteiger partial charge < -0.3 is 14.2 Å². The highest BCUT2D eigenvalue weighted by molar-refractivity contribution is 6.30. The zero-order valence-electron chi connectivity index (χ0n) is 19.1. The fraction of sp³-hybridized carbons (Fsp3) is 0.375. The largest absolute Gasteiger partial charge is 0.466 e. The molecule has 0 heterocycles. The molecule has 0 aliphatic heterocycles. The van der Waals surface area contributed by atoms with E-state index in [2.05, 4.69) is 0 Å². The minimum atomic E-state index is -1.55. The zero-order valence-corrected chi connectivity index (χ0v) is 19.8. The van der Waals surface area contributed by atoms with E-state index >= 15 is 0 Å². The van der Waals surface area contributed by atoms with Crippen molar-refractivity contribution in [1.29, 1.82) is 0 Å². The number of carbonyl (C=O) groups excluding carboxylic acids is 3. The molecule has 0 saturated heterocycles. The van der Waals surface area contributed by atoms with Gasteiger partial charge in [0.25, 0.3) is 5.69 Å². The average Bonchev–Trinajstić information content (AvgIpc) is 2.79. The summed E-state index contributed by atoms with van der Waals surface area (Å²) in [5.74, 6) is -6.35. The van der Waals surface area contributed by atoms with Gasteiger partial charge in [0.05, 0.1) is 30.7 Å². The fourth-order valence-electron chi connectivity index (χ4n) is 3.67. The number of ether oxygens (including phenoxy) is 3. The lowest BCUT2D eigenvalue weighted by Gasteiger charge is -2.31. The van der Waals surface area contributed by atoms with Crippen molar-refractivity contribution in [2.45, 2.75) is 32.6 Å². The van der Waals surface area contributed by atoms with E-state index in [1.165, 1.54) is 30.3 Å². The molecule has 9 nitrogen and oxygen atoms in total. The molecule has 0 aliphatic carbocycles. The number of carbonyl (C=O) groups is 3. The Morgan fingerprint density at radius 1 is 0.853 bits per heavy atom. The third-order valence-electron chi connectivity index (χ3n) is 5.04. The number of hydrogen-bond acceptors (Lipinski definition) is 8. The molecule has 182 valence electrons. The quantitative estimate of drug-likeness (QED) is 0.149. The van der Waals surface area contributed by atoms with Crippen molar-refractivity contribution in [2.24, 2.45) is 5.92 Å². The van der Waals surface area contributed by atoms with Gasteiger partial charge in [0.1, 0.15) is 0 Å². The molecular formula is C24H26ClNO8. The third-order valence-corrected chi connectivity index (χ3v) is 5.27. The average molecular weight is 492 g/mol. The molecule has 2 unspecified atom stereocenters. The molecule has 0 bridgehead atoms. The Labute approximate surface area is 202 Å². The van der Waals surface area contributed by atoms with Crippen LogP contribution in [0.2, 0.25) is 5.02 Å². The predicted octanol–water partition coefficient (Wildman–Crippen LogP) is 4.42. The maximum atomic E-state index is 13.2. The van der Waals surface area contributed by atoms with Gasteiger partial charge in [-0.2, -0.15) is 0 Å². The number of halogens is 1. The number of nitro benzene ring substituents is 1. The summed E-state index contributed by atoms with van der Waals surface area (Å²) in [5.41, 5.74) is 0.518. The Morgan fingerprint density at radius 3 is 1.85 bits per heavy atom. The number of nitro groups is 1. The summed E-state index contributed by atoms with van der Waals surface area (Å²) >= 11 is 6.17. The van der Waals surface area contributed by atoms with Crippen LogP contribution in [0, 0.1) is 16.0 Å². The number of esters is 3. The fourth-order valence-corrected chi connectivity index (χ4v) is 3.87. The van der Waals surface area contributed by atoms with Gasteiger partial charge in [0.2, 0.25) is 0 Å². The van der Waals surface area contributed by atoms with E-state index in [0.29, 0.717) is 16.1 Å². The van der Waals surface area contributed by atoms with E-state index in [9.17, 15) is 24.5 Å². The smallest absolute Gasteiger partial charge is 0.320 e. The molecule has 0 aromatic heterocycles. The topological polar surface area (TPSA) is 122 Å². The first kappa shape index (κ1) is 26.8. The molecule has 0 radical (unpaired) electrons. The second-order valence-corrected chi connectivity index (χ2v) is 7.58. The molecule has 10 heteroatoms. The third kappa shape index (κ3) is 6.54. The summed E-state index contributed by atoms with van der Waals surface area (Å²) in [5, 5.41) is 11.5. The van der Waals surface area contributed by atoms with Crippen LogP contribution in [0.3, 0.4) is 0 Å². The first-order valence-electron chi connectivity index (χ1n) is 10.7. The molecule has 0 aliphatic rings. The van der Waals surface area contributed by atoms with Gasteiger partial charge in [-0.25, -0.2) is 0 Å². The number of non-ortho nitro benzene ring substituents is 1. The highest BCUT2D eigenvalue weighted by atomic mass is 35.5. The maximum absolute atomic E-state index is 13.2. The van der Waals surface area contributed by atoms with Crippen molar-refractivity contribution in [3.05, 3.63) is 74.8 Å². The van der Waals surface area contributed by atoms with Crippen molar-refractivity contribution in [2.75, 3.05) is 19.8 Å². The lowest BCUT2D eigenvalue weighted by molar-refractivity contribution is -0.384. The number of hydrogen-bond donors (Lipinski definition) is 0. The highest BCUT2D eigenvalue weighted by Gasteiger charge is 2.46. The van der Waals surface area contributed by atoms with Gasteiger partial charge in [0.15, 0.2) is 5.92 Å². The van der Waals surface area contributed by atoms with Gasteiger partial charge in [-0.15, -0.1) is 0 Å². The minimum Gasteiger partial charge on any atom is -0.466 e. The first-order chi connectivity index (χ1) is 16.2. The van der Waals surface area contributed by atoms with Crippen molar-refractivity contribution < 1.29 is 33.5 Å². The van der Waals surface area contributed by atoms with E-state index < -0.39 is 40.6 Å². The van der Waals surface area contributed by atoms with Crippen LogP contribution in [0.5, 0.6) is 0 Å². The molecule has 2 atom stereocenters. The van der Waals surface area contributed by atoms with Crippen molar-refractivity contribution >= 4 is 35.2 Å². The second kappa shape index (κ2) is 12.7. The van der Waals surface area contributed by atoms with Crippen LogP contribution in [0.4, 0.5) is 5.69 Å². The Hall–Kier alpha value is -3.46. The van der Waals surface area contributed by atoms with E-state index in [1.54, 1.807) is 39.0 Å². The monoisotopic (exact) mass is 491 g/mol.